The van der Waals surface area contributed by atoms with E-state index in [1.54, 1.807) is 24.3 Å². The van der Waals surface area contributed by atoms with Crippen molar-refractivity contribution in [3.8, 4) is 0 Å². The van der Waals surface area contributed by atoms with Gasteiger partial charge in [-0.3, -0.25) is 33.9 Å². The van der Waals surface area contributed by atoms with E-state index in [0.717, 1.165) is 24.1 Å². The minimum atomic E-state index is -0.272. The molecule has 0 spiro atoms. The molecule has 0 atom stereocenters. The van der Waals surface area contributed by atoms with Crippen LogP contribution < -0.4 is 0 Å². The van der Waals surface area contributed by atoms with Crippen LogP contribution in [0, 0.1) is 0 Å². The summed E-state index contributed by atoms with van der Waals surface area (Å²) in [5.41, 5.74) is 3.46. The molecule has 0 N–H and O–H groups in total. The van der Waals surface area contributed by atoms with Gasteiger partial charge in [-0.25, -0.2) is 0 Å². The van der Waals surface area contributed by atoms with E-state index in [1.807, 2.05) is 26.0 Å². The van der Waals surface area contributed by atoms with E-state index in [4.69, 9.17) is 0 Å². The molecule has 0 saturated carbocycles. The second-order valence-corrected chi connectivity index (χ2v) is 10.6. The Balaban J connectivity index is 1.47. The van der Waals surface area contributed by atoms with Gasteiger partial charge in [-0.2, -0.15) is 0 Å². The molecule has 36 heavy (non-hydrogen) atoms. The molecule has 2 aliphatic heterocycles. The van der Waals surface area contributed by atoms with Gasteiger partial charge < -0.3 is 0 Å². The van der Waals surface area contributed by atoms with Gasteiger partial charge in [-0.15, -0.1) is 0 Å². The van der Waals surface area contributed by atoms with E-state index in [9.17, 15) is 19.2 Å². The van der Waals surface area contributed by atoms with Crippen LogP contribution in [0.5, 0.6) is 0 Å². The molecular formula is C29H35N3O4. The van der Waals surface area contributed by atoms with Crippen LogP contribution in [-0.4, -0.2) is 69.5 Å². The van der Waals surface area contributed by atoms with E-state index in [1.165, 1.54) is 9.80 Å². The van der Waals surface area contributed by atoms with E-state index >= 15 is 0 Å². The lowest BCUT2D eigenvalue weighted by Gasteiger charge is -2.30. The van der Waals surface area contributed by atoms with E-state index in [-0.39, 0.29) is 29.7 Å². The fourth-order valence-electron chi connectivity index (χ4n) is 5.30. The summed E-state index contributed by atoms with van der Waals surface area (Å²) in [4.78, 5) is 56.3. The van der Waals surface area contributed by atoms with Gasteiger partial charge in [0.25, 0.3) is 23.6 Å². The monoisotopic (exact) mass is 489 g/mol. The summed E-state index contributed by atoms with van der Waals surface area (Å²) in [6.45, 7) is 13.5. The number of carbonyl (C=O) groups is 4. The number of fused-ring (bicyclic) bond motifs is 2. The maximum Gasteiger partial charge on any atom is 0.261 e. The lowest BCUT2D eigenvalue weighted by atomic mass is 9.98. The van der Waals surface area contributed by atoms with Gasteiger partial charge in [-0.05, 0) is 89.8 Å². The first kappa shape index (κ1) is 25.8. The highest BCUT2D eigenvalue weighted by Crippen LogP contribution is 2.28. The van der Waals surface area contributed by atoms with Crippen LogP contribution in [0.2, 0.25) is 0 Å². The molecule has 0 unspecified atom stereocenters. The third-order valence-corrected chi connectivity index (χ3v) is 7.07. The number of rotatable bonds is 9. The van der Waals surface area contributed by atoms with E-state index in [2.05, 4.69) is 32.6 Å². The third kappa shape index (κ3) is 4.60. The van der Waals surface area contributed by atoms with Crippen molar-refractivity contribution in [1.29, 1.82) is 0 Å². The summed E-state index contributed by atoms with van der Waals surface area (Å²) in [5.74, 6) is -1.02. The molecule has 0 radical (unpaired) electrons. The summed E-state index contributed by atoms with van der Waals surface area (Å²) < 4.78 is 0. The van der Waals surface area contributed by atoms with Gasteiger partial charge in [0.2, 0.25) is 0 Å². The first-order chi connectivity index (χ1) is 17.0. The number of nitrogens with zero attached hydrogens (tertiary/aromatic N) is 3. The highest BCUT2D eigenvalue weighted by molar-refractivity contribution is 6.22. The SMILES string of the molecule is CC(C)N1C(=O)c2ccc(Cc3ccc4c(c3)C(=O)N(CCCN(C(C)C)C(C)C)C4=O)cc2C1=O. The summed E-state index contributed by atoms with van der Waals surface area (Å²) in [6.07, 6.45) is 1.22. The Labute approximate surface area is 213 Å². The van der Waals surface area contributed by atoms with E-state index in [0.29, 0.717) is 47.3 Å². The zero-order valence-electron chi connectivity index (χ0n) is 22.0. The predicted octanol–water partition coefficient (Wildman–Crippen LogP) is 4.39. The minimum Gasteiger partial charge on any atom is -0.298 e. The highest BCUT2D eigenvalue weighted by Gasteiger charge is 2.38. The molecule has 2 aliphatic rings. The highest BCUT2D eigenvalue weighted by atomic mass is 16.2. The van der Waals surface area contributed by atoms with Crippen molar-refractivity contribution < 1.29 is 19.2 Å². The third-order valence-electron chi connectivity index (χ3n) is 7.07. The first-order valence-corrected chi connectivity index (χ1v) is 12.8. The topological polar surface area (TPSA) is 78.0 Å². The lowest BCUT2D eigenvalue weighted by Crippen LogP contribution is -2.39. The van der Waals surface area contributed by atoms with Crippen molar-refractivity contribution in [3.05, 3.63) is 69.8 Å². The zero-order valence-corrected chi connectivity index (χ0v) is 22.0. The van der Waals surface area contributed by atoms with Gasteiger partial charge in [0.1, 0.15) is 0 Å². The quantitative estimate of drug-likeness (QED) is 0.489. The van der Waals surface area contributed by atoms with Crippen molar-refractivity contribution in [2.24, 2.45) is 0 Å². The van der Waals surface area contributed by atoms with Crippen molar-refractivity contribution in [1.82, 2.24) is 14.7 Å². The van der Waals surface area contributed by atoms with Crippen LogP contribution in [0.1, 0.15) is 101 Å². The standard InChI is InChI=1S/C29H35N3O4/c1-17(2)30(18(3)4)12-7-13-31-26(33)22-10-8-20(15-24(22)27(31)34)14-21-9-11-23-25(16-21)29(36)32(19(5)6)28(23)35/h8-11,15-19H,7,12-14H2,1-6H3. The summed E-state index contributed by atoms with van der Waals surface area (Å²) in [6, 6.07) is 11.3. The number of carbonyl (C=O) groups excluding carboxylic acids is 4. The summed E-state index contributed by atoms with van der Waals surface area (Å²) >= 11 is 0. The zero-order chi connectivity index (χ0) is 26.3. The van der Waals surface area contributed by atoms with Crippen LogP contribution in [0.15, 0.2) is 36.4 Å². The number of amides is 4. The van der Waals surface area contributed by atoms with Gasteiger partial charge in [-0.1, -0.05) is 12.1 Å². The van der Waals surface area contributed by atoms with Gasteiger partial charge in [0.15, 0.2) is 0 Å². The largest absolute Gasteiger partial charge is 0.298 e. The average molecular weight is 490 g/mol. The Morgan fingerprint density at radius 2 is 1.14 bits per heavy atom. The molecule has 0 aliphatic carbocycles. The Hall–Kier alpha value is -3.32. The molecule has 2 heterocycles. The Morgan fingerprint density at radius 1 is 0.667 bits per heavy atom. The molecule has 0 saturated heterocycles. The molecule has 2 aromatic rings. The summed E-state index contributed by atoms with van der Waals surface area (Å²) in [5, 5.41) is 0. The van der Waals surface area contributed by atoms with Crippen LogP contribution >= 0.6 is 0 Å². The second kappa shape index (κ2) is 9.97. The Morgan fingerprint density at radius 3 is 1.67 bits per heavy atom. The molecule has 4 amide bonds. The molecule has 2 aromatic carbocycles. The second-order valence-electron chi connectivity index (χ2n) is 10.6. The fraction of sp³-hybridized carbons (Fsp3) is 0.448. The molecule has 7 nitrogen and oxygen atoms in total. The molecule has 0 aromatic heterocycles. The number of benzene rings is 2. The number of imide groups is 2. The first-order valence-electron chi connectivity index (χ1n) is 12.8. The van der Waals surface area contributed by atoms with E-state index < -0.39 is 0 Å². The number of hydrogen-bond donors (Lipinski definition) is 0. The van der Waals surface area contributed by atoms with Crippen LogP contribution in [-0.2, 0) is 6.42 Å². The molecule has 190 valence electrons. The normalized spacial score (nSPS) is 15.4. The van der Waals surface area contributed by atoms with Crippen molar-refractivity contribution in [2.75, 3.05) is 13.1 Å². The van der Waals surface area contributed by atoms with Gasteiger partial charge in [0, 0.05) is 31.2 Å². The lowest BCUT2D eigenvalue weighted by molar-refractivity contribution is 0.0602. The van der Waals surface area contributed by atoms with Crippen LogP contribution in [0.25, 0.3) is 0 Å². The van der Waals surface area contributed by atoms with Gasteiger partial charge >= 0.3 is 0 Å². The fourth-order valence-corrected chi connectivity index (χ4v) is 5.30. The Bertz CT molecular complexity index is 1220. The predicted molar refractivity (Wildman–Crippen MR) is 138 cm³/mol. The maximum absolute atomic E-state index is 13.1. The molecular weight excluding hydrogens is 454 g/mol. The van der Waals surface area contributed by atoms with Crippen molar-refractivity contribution in [3.63, 3.8) is 0 Å². The minimum absolute atomic E-state index is 0.206. The van der Waals surface area contributed by atoms with Crippen LogP contribution in [0.3, 0.4) is 0 Å². The smallest absolute Gasteiger partial charge is 0.261 e. The molecule has 7 heteroatoms. The molecule has 0 bridgehead atoms. The van der Waals surface area contributed by atoms with Crippen molar-refractivity contribution >= 4 is 23.6 Å². The van der Waals surface area contributed by atoms with Crippen molar-refractivity contribution in [2.45, 2.75) is 72.5 Å². The van der Waals surface area contributed by atoms with Gasteiger partial charge in [0.05, 0.1) is 22.3 Å². The average Bonchev–Trinajstić information content (AvgIpc) is 3.20. The Kier molecular flexibility index (Phi) is 7.14. The summed E-state index contributed by atoms with van der Waals surface area (Å²) in [7, 11) is 0. The number of hydrogen-bond acceptors (Lipinski definition) is 5. The molecule has 4 rings (SSSR count). The molecule has 0 fully saturated rings. The maximum atomic E-state index is 13.1. The van der Waals surface area contributed by atoms with Crippen LogP contribution in [0.4, 0.5) is 0 Å².